The molecule has 2 aromatic rings. The summed E-state index contributed by atoms with van der Waals surface area (Å²) in [7, 11) is 0. The van der Waals surface area contributed by atoms with Crippen molar-refractivity contribution in [1.82, 2.24) is 15.6 Å². The number of nitrogens with zero attached hydrogens (tertiary/aromatic N) is 2. The van der Waals surface area contributed by atoms with Crippen LogP contribution in [0.2, 0.25) is 0 Å². The number of carbonyl (C=O) groups is 1. The fourth-order valence-corrected chi connectivity index (χ4v) is 1.59. The van der Waals surface area contributed by atoms with Gasteiger partial charge in [-0.1, -0.05) is 0 Å². The average molecular weight is 246 g/mol. The summed E-state index contributed by atoms with van der Waals surface area (Å²) in [6.45, 7) is 1.78. The Morgan fingerprint density at radius 2 is 2.06 bits per heavy atom. The van der Waals surface area contributed by atoms with Gasteiger partial charge < -0.3 is 0 Å². The molecule has 0 fully saturated rings. The molecule has 1 aromatic carbocycles. The third-order valence-electron chi connectivity index (χ3n) is 2.49. The van der Waals surface area contributed by atoms with Crippen molar-refractivity contribution in [3.05, 3.63) is 47.4 Å². The summed E-state index contributed by atoms with van der Waals surface area (Å²) in [6, 6.07) is 7.53. The number of benzene rings is 1. The van der Waals surface area contributed by atoms with Gasteiger partial charge in [0.15, 0.2) is 5.69 Å². The van der Waals surface area contributed by atoms with Crippen molar-refractivity contribution in [2.45, 2.75) is 6.92 Å². The van der Waals surface area contributed by atoms with E-state index in [0.29, 0.717) is 5.69 Å². The molecule has 0 bridgehead atoms. The summed E-state index contributed by atoms with van der Waals surface area (Å²) >= 11 is 0. The van der Waals surface area contributed by atoms with Crippen molar-refractivity contribution in [1.29, 1.82) is 0 Å². The van der Waals surface area contributed by atoms with E-state index >= 15 is 0 Å². The Morgan fingerprint density at radius 1 is 1.28 bits per heavy atom. The van der Waals surface area contributed by atoms with Crippen LogP contribution in [0.15, 0.2) is 30.3 Å². The fraction of sp³-hybridized carbons (Fsp3) is 0.0833. The first-order chi connectivity index (χ1) is 8.61. The van der Waals surface area contributed by atoms with Crippen LogP contribution in [0, 0.1) is 12.7 Å². The Morgan fingerprint density at radius 3 is 2.61 bits per heavy atom. The number of aryl methyl sites for hydroxylation is 1. The maximum atomic E-state index is 13.0. The Bertz CT molecular complexity index is 583. The lowest BCUT2D eigenvalue weighted by molar-refractivity contribution is 0.0947. The first-order valence-corrected chi connectivity index (χ1v) is 5.23. The summed E-state index contributed by atoms with van der Waals surface area (Å²) in [4.78, 5) is 11.2. The molecule has 1 amide bonds. The lowest BCUT2D eigenvalue weighted by Gasteiger charge is -2.05. The lowest BCUT2D eigenvalue weighted by atomic mass is 10.1. The van der Waals surface area contributed by atoms with E-state index in [1.165, 1.54) is 18.2 Å². The van der Waals surface area contributed by atoms with Crippen molar-refractivity contribution in [2.24, 2.45) is 5.84 Å². The van der Waals surface area contributed by atoms with E-state index in [1.807, 2.05) is 5.43 Å². The summed E-state index contributed by atoms with van der Waals surface area (Å²) in [5.74, 6) is 4.17. The molecule has 0 atom stereocenters. The molecule has 3 N–H and O–H groups in total. The van der Waals surface area contributed by atoms with Crippen molar-refractivity contribution < 1.29 is 9.18 Å². The topological polar surface area (TPSA) is 80.9 Å². The van der Waals surface area contributed by atoms with Crippen LogP contribution in [0.1, 0.15) is 16.1 Å². The van der Waals surface area contributed by atoms with Crippen LogP contribution in [-0.2, 0) is 0 Å². The molecular formula is C12H11FN4O. The highest BCUT2D eigenvalue weighted by Gasteiger charge is 2.08. The zero-order chi connectivity index (χ0) is 13.1. The molecule has 0 aliphatic heterocycles. The maximum Gasteiger partial charge on any atom is 0.285 e. The van der Waals surface area contributed by atoms with Crippen LogP contribution >= 0.6 is 0 Å². The molecule has 0 spiro atoms. The van der Waals surface area contributed by atoms with Gasteiger partial charge in [-0.05, 0) is 42.8 Å². The molecule has 0 aliphatic rings. The van der Waals surface area contributed by atoms with Crippen molar-refractivity contribution in [3.8, 4) is 11.3 Å². The molecule has 2 rings (SSSR count). The van der Waals surface area contributed by atoms with Crippen LogP contribution in [0.3, 0.4) is 0 Å². The Kier molecular flexibility index (Phi) is 3.29. The highest BCUT2D eigenvalue weighted by atomic mass is 19.1. The quantitative estimate of drug-likeness (QED) is 0.474. The predicted molar refractivity (Wildman–Crippen MR) is 63.8 cm³/mol. The van der Waals surface area contributed by atoms with E-state index in [4.69, 9.17) is 5.84 Å². The molecule has 1 aromatic heterocycles. The van der Waals surface area contributed by atoms with E-state index in [-0.39, 0.29) is 11.5 Å². The Balaban J connectivity index is 2.37. The van der Waals surface area contributed by atoms with Gasteiger partial charge in [-0.2, -0.15) is 0 Å². The molecule has 5 nitrogen and oxygen atoms in total. The Labute approximate surface area is 103 Å². The molecule has 0 unspecified atom stereocenters. The van der Waals surface area contributed by atoms with E-state index in [2.05, 4.69) is 10.2 Å². The first-order valence-electron chi connectivity index (χ1n) is 5.23. The smallest absolute Gasteiger partial charge is 0.285 e. The van der Waals surface area contributed by atoms with Gasteiger partial charge in [0.25, 0.3) is 5.91 Å². The van der Waals surface area contributed by atoms with Crippen LogP contribution in [-0.4, -0.2) is 16.1 Å². The number of rotatable bonds is 2. The molecule has 0 radical (unpaired) electrons. The molecule has 6 heteroatoms. The minimum absolute atomic E-state index is 0.126. The summed E-state index contributed by atoms with van der Waals surface area (Å²) < 4.78 is 13.0. The Hall–Kier alpha value is -2.34. The number of hydrogen-bond donors (Lipinski definition) is 2. The van der Waals surface area contributed by atoms with Crippen molar-refractivity contribution in [2.75, 3.05) is 0 Å². The molecule has 0 aliphatic carbocycles. The highest BCUT2D eigenvalue weighted by molar-refractivity contribution is 5.91. The maximum absolute atomic E-state index is 13.0. The van der Waals surface area contributed by atoms with Crippen molar-refractivity contribution in [3.63, 3.8) is 0 Å². The van der Waals surface area contributed by atoms with Crippen LogP contribution < -0.4 is 11.3 Å². The minimum Gasteiger partial charge on any atom is -0.289 e. The zero-order valence-corrected chi connectivity index (χ0v) is 9.64. The van der Waals surface area contributed by atoms with E-state index in [0.717, 1.165) is 11.1 Å². The molecule has 0 saturated carbocycles. The molecule has 0 saturated heterocycles. The average Bonchev–Trinajstić information content (AvgIpc) is 2.38. The minimum atomic E-state index is -0.509. The normalized spacial score (nSPS) is 10.2. The van der Waals surface area contributed by atoms with E-state index in [9.17, 15) is 9.18 Å². The number of carbonyl (C=O) groups excluding carboxylic acids is 1. The van der Waals surface area contributed by atoms with Crippen molar-refractivity contribution >= 4 is 5.91 Å². The first kappa shape index (κ1) is 12.1. The molecule has 18 heavy (non-hydrogen) atoms. The predicted octanol–water partition coefficient (Wildman–Crippen LogP) is 1.19. The van der Waals surface area contributed by atoms with Gasteiger partial charge in [-0.25, -0.2) is 10.2 Å². The van der Waals surface area contributed by atoms with Gasteiger partial charge in [0.1, 0.15) is 5.82 Å². The van der Waals surface area contributed by atoms with Gasteiger partial charge in [-0.15, -0.1) is 10.2 Å². The second kappa shape index (κ2) is 4.89. The molecule has 1 heterocycles. The second-order valence-electron chi connectivity index (χ2n) is 3.74. The number of halogens is 1. The van der Waals surface area contributed by atoms with Gasteiger partial charge in [0.2, 0.25) is 0 Å². The third kappa shape index (κ3) is 2.33. The second-order valence-corrected chi connectivity index (χ2v) is 3.74. The third-order valence-corrected chi connectivity index (χ3v) is 2.49. The summed E-state index contributed by atoms with van der Waals surface area (Å²) in [5, 5.41) is 7.67. The van der Waals surface area contributed by atoms with Crippen LogP contribution in [0.4, 0.5) is 4.39 Å². The number of nitrogens with one attached hydrogen (secondary N) is 1. The van der Waals surface area contributed by atoms with Crippen LogP contribution in [0.5, 0.6) is 0 Å². The molecule has 92 valence electrons. The van der Waals surface area contributed by atoms with Gasteiger partial charge in [-0.3, -0.25) is 10.2 Å². The molecular weight excluding hydrogens is 235 g/mol. The number of hydrazine groups is 1. The van der Waals surface area contributed by atoms with Crippen LogP contribution in [0.25, 0.3) is 11.3 Å². The standard InChI is InChI=1S/C12H11FN4O/c1-7-6-8(13)2-3-9(7)10-4-5-11(17-16-10)12(18)15-14/h2-6H,14H2,1H3,(H,15,18). The monoisotopic (exact) mass is 246 g/mol. The summed E-state index contributed by atoms with van der Waals surface area (Å²) in [5.41, 5.74) is 4.18. The van der Waals surface area contributed by atoms with Gasteiger partial charge in [0.05, 0.1) is 5.69 Å². The van der Waals surface area contributed by atoms with E-state index in [1.54, 1.807) is 19.1 Å². The number of aromatic nitrogens is 2. The number of amides is 1. The number of nitrogen functional groups attached to an aromatic ring is 1. The summed E-state index contributed by atoms with van der Waals surface area (Å²) in [6.07, 6.45) is 0. The SMILES string of the molecule is Cc1cc(F)ccc1-c1ccc(C(=O)NN)nn1. The van der Waals surface area contributed by atoms with Gasteiger partial charge >= 0.3 is 0 Å². The highest BCUT2D eigenvalue weighted by Crippen LogP contribution is 2.21. The van der Waals surface area contributed by atoms with Gasteiger partial charge in [0, 0.05) is 5.56 Å². The van der Waals surface area contributed by atoms with E-state index < -0.39 is 5.91 Å². The number of hydrogen-bond acceptors (Lipinski definition) is 4. The number of nitrogens with two attached hydrogens (primary N) is 1. The fourth-order valence-electron chi connectivity index (χ4n) is 1.59. The zero-order valence-electron chi connectivity index (χ0n) is 9.64. The lowest BCUT2D eigenvalue weighted by Crippen LogP contribution is -2.30. The largest absolute Gasteiger partial charge is 0.289 e.